The summed E-state index contributed by atoms with van der Waals surface area (Å²) in [6.07, 6.45) is 5.93. The molecule has 3 unspecified atom stereocenters. The molecule has 2 nitrogen and oxygen atoms in total. The van der Waals surface area contributed by atoms with Gasteiger partial charge in [-0.05, 0) is 50.1 Å². The van der Waals surface area contributed by atoms with Crippen molar-refractivity contribution in [3.8, 4) is 0 Å². The molecule has 0 saturated heterocycles. The first kappa shape index (κ1) is 10.0. The maximum absolute atomic E-state index is 5.62. The molecular weight excluding hydrogens is 148 g/mol. The molecule has 72 valence electrons. The van der Waals surface area contributed by atoms with Crippen molar-refractivity contribution >= 4 is 0 Å². The summed E-state index contributed by atoms with van der Waals surface area (Å²) in [5, 5.41) is 0. The van der Waals surface area contributed by atoms with Crippen molar-refractivity contribution in [1.82, 2.24) is 0 Å². The Morgan fingerprint density at radius 2 is 1.83 bits per heavy atom. The summed E-state index contributed by atoms with van der Waals surface area (Å²) >= 11 is 0. The lowest BCUT2D eigenvalue weighted by Crippen LogP contribution is -2.19. The Morgan fingerprint density at radius 1 is 1.17 bits per heavy atom. The van der Waals surface area contributed by atoms with Gasteiger partial charge in [0.15, 0.2) is 0 Å². The normalized spacial score (nSPS) is 37.8. The smallest absolute Gasteiger partial charge is 0.00461 e. The second-order valence-electron chi connectivity index (χ2n) is 4.08. The molecule has 2 rings (SSSR count). The van der Waals surface area contributed by atoms with Crippen molar-refractivity contribution in [2.24, 2.45) is 29.2 Å². The molecule has 0 spiro atoms. The zero-order valence-corrected chi connectivity index (χ0v) is 8.13. The molecule has 0 heterocycles. The fraction of sp³-hybridized carbons (Fsp3) is 1.00. The molecule has 2 bridgehead atoms. The Balaban J connectivity index is 0.000000213. The highest BCUT2D eigenvalue weighted by molar-refractivity contribution is 4.89. The lowest BCUT2D eigenvalue weighted by molar-refractivity contribution is 0.341. The van der Waals surface area contributed by atoms with Gasteiger partial charge in [0.05, 0.1) is 0 Å². The highest BCUT2D eigenvalue weighted by Gasteiger charge is 2.38. The van der Waals surface area contributed by atoms with Crippen molar-refractivity contribution in [3.63, 3.8) is 0 Å². The van der Waals surface area contributed by atoms with Gasteiger partial charge in [0.1, 0.15) is 0 Å². The minimum Gasteiger partial charge on any atom is -0.331 e. The second kappa shape index (κ2) is 4.83. The monoisotopic (exact) mass is 170 g/mol. The first-order chi connectivity index (χ1) is 5.81. The first-order valence-electron chi connectivity index (χ1n) is 5.21. The van der Waals surface area contributed by atoms with E-state index >= 15 is 0 Å². The van der Waals surface area contributed by atoms with Gasteiger partial charge in [-0.15, -0.1) is 0 Å². The lowest BCUT2D eigenvalue weighted by Gasteiger charge is -2.18. The van der Waals surface area contributed by atoms with E-state index in [-0.39, 0.29) is 0 Å². The Hall–Kier alpha value is -0.0800. The van der Waals surface area contributed by atoms with Crippen molar-refractivity contribution in [3.05, 3.63) is 0 Å². The van der Waals surface area contributed by atoms with Crippen LogP contribution >= 0.6 is 0 Å². The molecule has 0 radical (unpaired) electrons. The van der Waals surface area contributed by atoms with Crippen molar-refractivity contribution < 1.29 is 0 Å². The molecule has 0 aromatic carbocycles. The summed E-state index contributed by atoms with van der Waals surface area (Å²) in [5.74, 6) is 3.01. The third-order valence-corrected chi connectivity index (χ3v) is 3.19. The van der Waals surface area contributed by atoms with E-state index in [4.69, 9.17) is 11.5 Å². The zero-order valence-electron chi connectivity index (χ0n) is 8.13. The van der Waals surface area contributed by atoms with Crippen LogP contribution < -0.4 is 11.5 Å². The van der Waals surface area contributed by atoms with Gasteiger partial charge in [0.2, 0.25) is 0 Å². The summed E-state index contributed by atoms with van der Waals surface area (Å²) in [6.45, 7) is 3.60. The van der Waals surface area contributed by atoms with Crippen LogP contribution in [-0.4, -0.2) is 13.1 Å². The molecule has 0 aliphatic heterocycles. The van der Waals surface area contributed by atoms with E-state index in [1.165, 1.54) is 25.7 Å². The Labute approximate surface area is 75.7 Å². The van der Waals surface area contributed by atoms with Crippen molar-refractivity contribution in [2.45, 2.75) is 32.6 Å². The van der Waals surface area contributed by atoms with Crippen LogP contribution in [0.5, 0.6) is 0 Å². The number of hydrogen-bond acceptors (Lipinski definition) is 2. The maximum atomic E-state index is 5.62. The van der Waals surface area contributed by atoms with E-state index in [2.05, 4.69) is 0 Å². The summed E-state index contributed by atoms with van der Waals surface area (Å²) in [7, 11) is 0. The SMILES string of the molecule is CCN.NCC1CC2CCC1C2. The van der Waals surface area contributed by atoms with E-state index in [0.717, 1.165) is 30.8 Å². The summed E-state index contributed by atoms with van der Waals surface area (Å²) in [5.41, 5.74) is 10.5. The largest absolute Gasteiger partial charge is 0.331 e. The van der Waals surface area contributed by atoms with E-state index in [0.29, 0.717) is 0 Å². The number of nitrogens with two attached hydrogens (primary N) is 2. The molecule has 4 N–H and O–H groups in total. The van der Waals surface area contributed by atoms with Gasteiger partial charge in [-0.25, -0.2) is 0 Å². The molecule has 2 aliphatic rings. The van der Waals surface area contributed by atoms with Crippen LogP contribution in [0.3, 0.4) is 0 Å². The van der Waals surface area contributed by atoms with Crippen LogP contribution in [0.25, 0.3) is 0 Å². The highest BCUT2D eigenvalue weighted by atomic mass is 14.6. The Morgan fingerprint density at radius 3 is 2.08 bits per heavy atom. The van der Waals surface area contributed by atoms with Crippen LogP contribution in [0, 0.1) is 17.8 Å². The Kier molecular flexibility index (Phi) is 4.02. The van der Waals surface area contributed by atoms with E-state index in [1.54, 1.807) is 0 Å². The van der Waals surface area contributed by atoms with Gasteiger partial charge < -0.3 is 11.5 Å². The molecule has 0 amide bonds. The predicted molar refractivity (Wildman–Crippen MR) is 52.7 cm³/mol. The zero-order chi connectivity index (χ0) is 8.97. The van der Waals surface area contributed by atoms with Gasteiger partial charge in [0, 0.05) is 0 Å². The molecule has 12 heavy (non-hydrogen) atoms. The summed E-state index contributed by atoms with van der Waals surface area (Å²) in [6, 6.07) is 0. The molecule has 0 aromatic heterocycles. The molecule has 2 saturated carbocycles. The standard InChI is InChI=1S/C8H15N.C2H7N/c9-5-8-4-6-1-2-7(8)3-6;1-2-3/h6-8H,1-5,9H2;2-3H2,1H3. The molecule has 2 aliphatic carbocycles. The van der Waals surface area contributed by atoms with Crippen LogP contribution in [0.4, 0.5) is 0 Å². The van der Waals surface area contributed by atoms with Gasteiger partial charge in [-0.3, -0.25) is 0 Å². The van der Waals surface area contributed by atoms with E-state index in [9.17, 15) is 0 Å². The summed E-state index contributed by atoms with van der Waals surface area (Å²) < 4.78 is 0. The average molecular weight is 170 g/mol. The summed E-state index contributed by atoms with van der Waals surface area (Å²) in [4.78, 5) is 0. The highest BCUT2D eigenvalue weighted by Crippen LogP contribution is 2.47. The number of fused-ring (bicyclic) bond motifs is 2. The lowest BCUT2D eigenvalue weighted by atomic mass is 9.89. The maximum Gasteiger partial charge on any atom is -0.00461 e. The molecule has 0 aromatic rings. The van der Waals surface area contributed by atoms with Crippen LogP contribution in [-0.2, 0) is 0 Å². The third-order valence-electron chi connectivity index (χ3n) is 3.19. The quantitative estimate of drug-likeness (QED) is 0.624. The average Bonchev–Trinajstić information content (AvgIpc) is 2.65. The third kappa shape index (κ3) is 2.20. The minimum absolute atomic E-state index is 0.750. The molecule has 3 atom stereocenters. The van der Waals surface area contributed by atoms with Gasteiger partial charge in [-0.1, -0.05) is 13.3 Å². The van der Waals surface area contributed by atoms with Gasteiger partial charge in [0.25, 0.3) is 0 Å². The number of rotatable bonds is 1. The molecule has 2 fully saturated rings. The first-order valence-corrected chi connectivity index (χ1v) is 5.21. The van der Waals surface area contributed by atoms with Crippen LogP contribution in [0.1, 0.15) is 32.6 Å². The van der Waals surface area contributed by atoms with Gasteiger partial charge in [-0.2, -0.15) is 0 Å². The van der Waals surface area contributed by atoms with Crippen LogP contribution in [0.15, 0.2) is 0 Å². The van der Waals surface area contributed by atoms with Gasteiger partial charge >= 0.3 is 0 Å². The van der Waals surface area contributed by atoms with Crippen LogP contribution in [0.2, 0.25) is 0 Å². The minimum atomic E-state index is 0.750. The predicted octanol–water partition coefficient (Wildman–Crippen LogP) is 1.35. The molecule has 2 heteroatoms. The van der Waals surface area contributed by atoms with Crippen molar-refractivity contribution in [1.29, 1.82) is 0 Å². The second-order valence-corrected chi connectivity index (χ2v) is 4.08. The fourth-order valence-electron chi connectivity index (χ4n) is 2.67. The Bertz CT molecular complexity index is 125. The van der Waals surface area contributed by atoms with Crippen molar-refractivity contribution in [2.75, 3.05) is 13.1 Å². The molecular formula is C10H22N2. The number of hydrogen-bond donors (Lipinski definition) is 2. The topological polar surface area (TPSA) is 52.0 Å². The fourth-order valence-corrected chi connectivity index (χ4v) is 2.67. The van der Waals surface area contributed by atoms with E-state index in [1.807, 2.05) is 6.92 Å². The van der Waals surface area contributed by atoms with E-state index < -0.39 is 0 Å².